The van der Waals surface area contributed by atoms with E-state index in [9.17, 15) is 24.0 Å². The molecule has 3 heterocycles. The van der Waals surface area contributed by atoms with Gasteiger partial charge in [0, 0.05) is 37.4 Å². The molecule has 0 bridgehead atoms. The Morgan fingerprint density at radius 2 is 1.69 bits per heavy atom. The van der Waals surface area contributed by atoms with Crippen molar-refractivity contribution in [1.29, 1.82) is 0 Å². The number of para-hydroxylation sites is 1. The summed E-state index contributed by atoms with van der Waals surface area (Å²) in [5, 5.41) is 9.75. The molecule has 1 aromatic carbocycles. The Kier molecular flexibility index (Phi) is 12.0. The lowest BCUT2D eigenvalue weighted by atomic mass is 9.93. The first kappa shape index (κ1) is 34.0. The highest BCUT2D eigenvalue weighted by Gasteiger charge is 2.40. The molecule has 0 radical (unpaired) electrons. The smallest absolute Gasteiger partial charge is 0.246 e. The van der Waals surface area contributed by atoms with Crippen LogP contribution in [0.1, 0.15) is 90.5 Å². The number of rotatable bonds is 12. The molecule has 11 heteroatoms. The number of carbonyl (C=O) groups excluding carboxylic acids is 5. The number of aromatic nitrogens is 1. The van der Waals surface area contributed by atoms with Gasteiger partial charge in [0.25, 0.3) is 0 Å². The minimum absolute atomic E-state index is 0.155. The van der Waals surface area contributed by atoms with Gasteiger partial charge in [0.15, 0.2) is 0 Å². The van der Waals surface area contributed by atoms with Crippen LogP contribution in [0.5, 0.6) is 0 Å². The van der Waals surface area contributed by atoms with Crippen LogP contribution in [0.2, 0.25) is 0 Å². The fourth-order valence-corrected chi connectivity index (χ4v) is 6.38. The summed E-state index contributed by atoms with van der Waals surface area (Å²) in [6.07, 6.45) is 8.07. The van der Waals surface area contributed by atoms with Crippen LogP contribution < -0.4 is 20.8 Å². The SMILES string of the molecule is CCC(=O)CCCCC[C@@H]1NC(=O)C2CCCCN2C(=O)C([C@@H](C)CC)NC(=O)C(Cc2cn(OC)c3ccccc23)NC1=O. The van der Waals surface area contributed by atoms with Crippen LogP contribution in [-0.2, 0) is 30.4 Å². The van der Waals surface area contributed by atoms with Gasteiger partial charge in [-0.3, -0.25) is 24.0 Å². The first-order valence-electron chi connectivity index (χ1n) is 16.5. The molecule has 5 atom stereocenters. The number of benzene rings is 1. The van der Waals surface area contributed by atoms with Crippen molar-refractivity contribution >= 4 is 40.3 Å². The van der Waals surface area contributed by atoms with Crippen molar-refractivity contribution < 1.29 is 28.8 Å². The summed E-state index contributed by atoms with van der Waals surface area (Å²) in [7, 11) is 1.56. The molecule has 0 aliphatic carbocycles. The van der Waals surface area contributed by atoms with E-state index < -0.39 is 36.0 Å². The number of nitrogens with zero attached hydrogens (tertiary/aromatic N) is 2. The molecule has 4 amide bonds. The summed E-state index contributed by atoms with van der Waals surface area (Å²) in [4.78, 5) is 74.5. The normalized spacial score (nSPS) is 23.7. The summed E-state index contributed by atoms with van der Waals surface area (Å²) in [5.74, 6) is -1.50. The van der Waals surface area contributed by atoms with Gasteiger partial charge in [-0.25, -0.2) is 0 Å². The monoisotopic (exact) mass is 623 g/mol. The summed E-state index contributed by atoms with van der Waals surface area (Å²) in [6.45, 7) is 6.14. The van der Waals surface area contributed by atoms with E-state index in [1.165, 1.54) is 0 Å². The Morgan fingerprint density at radius 3 is 2.42 bits per heavy atom. The van der Waals surface area contributed by atoms with E-state index in [0.717, 1.165) is 35.7 Å². The van der Waals surface area contributed by atoms with Gasteiger partial charge in [-0.05, 0) is 49.7 Å². The molecule has 2 fully saturated rings. The average molecular weight is 624 g/mol. The van der Waals surface area contributed by atoms with Crippen LogP contribution in [0.25, 0.3) is 10.9 Å². The predicted octanol–water partition coefficient (Wildman–Crippen LogP) is 3.07. The highest BCUT2D eigenvalue weighted by atomic mass is 16.6. The number of hydrogen-bond donors (Lipinski definition) is 3. The first-order valence-corrected chi connectivity index (χ1v) is 16.5. The van der Waals surface area contributed by atoms with Crippen LogP contribution in [-0.4, -0.2) is 76.9 Å². The number of piperidine rings is 1. The third-order valence-corrected chi connectivity index (χ3v) is 9.36. The summed E-state index contributed by atoms with van der Waals surface area (Å²) < 4.78 is 1.62. The van der Waals surface area contributed by atoms with Crippen LogP contribution in [0.4, 0.5) is 0 Å². The first-order chi connectivity index (χ1) is 21.7. The third-order valence-electron chi connectivity index (χ3n) is 9.36. The molecule has 246 valence electrons. The minimum Gasteiger partial charge on any atom is -0.417 e. The zero-order valence-electron chi connectivity index (χ0n) is 27.1. The Morgan fingerprint density at radius 1 is 0.956 bits per heavy atom. The van der Waals surface area contributed by atoms with Gasteiger partial charge >= 0.3 is 0 Å². The van der Waals surface area contributed by atoms with Crippen molar-refractivity contribution in [3.8, 4) is 0 Å². The zero-order chi connectivity index (χ0) is 32.5. The molecular formula is C34H49N5O6. The van der Waals surface area contributed by atoms with Gasteiger partial charge in [0.05, 0.1) is 5.52 Å². The maximum absolute atomic E-state index is 14.0. The van der Waals surface area contributed by atoms with Crippen molar-refractivity contribution in [3.63, 3.8) is 0 Å². The van der Waals surface area contributed by atoms with Crippen LogP contribution >= 0.6 is 0 Å². The minimum atomic E-state index is -1.01. The number of carbonyl (C=O) groups is 5. The Labute approximate surface area is 265 Å². The predicted molar refractivity (Wildman–Crippen MR) is 171 cm³/mol. The zero-order valence-corrected chi connectivity index (χ0v) is 27.1. The number of ketones is 1. The largest absolute Gasteiger partial charge is 0.417 e. The molecule has 0 saturated carbocycles. The molecular weight excluding hydrogens is 574 g/mol. The van der Waals surface area contributed by atoms with Crippen molar-refractivity contribution in [2.75, 3.05) is 13.7 Å². The van der Waals surface area contributed by atoms with E-state index in [4.69, 9.17) is 4.84 Å². The molecule has 0 spiro atoms. The second kappa shape index (κ2) is 15.9. The number of unbranched alkanes of at least 4 members (excludes halogenated alkanes) is 2. The van der Waals surface area contributed by atoms with Gasteiger partial charge in [0.2, 0.25) is 23.6 Å². The lowest BCUT2D eigenvalue weighted by Gasteiger charge is -2.39. The maximum atomic E-state index is 14.0. The third kappa shape index (κ3) is 8.23. The lowest BCUT2D eigenvalue weighted by Crippen LogP contribution is -2.64. The highest BCUT2D eigenvalue weighted by Crippen LogP contribution is 2.24. The van der Waals surface area contributed by atoms with Crippen molar-refractivity contribution in [2.45, 2.75) is 116 Å². The molecule has 45 heavy (non-hydrogen) atoms. The van der Waals surface area contributed by atoms with Crippen molar-refractivity contribution in [2.24, 2.45) is 5.92 Å². The molecule has 2 aliphatic heterocycles. The average Bonchev–Trinajstić information content (AvgIpc) is 3.41. The number of amides is 4. The Bertz CT molecular complexity index is 1370. The molecule has 3 N–H and O–H groups in total. The summed E-state index contributed by atoms with van der Waals surface area (Å²) in [5.41, 5.74) is 1.62. The second-order valence-corrected chi connectivity index (χ2v) is 12.4. The molecule has 4 rings (SSSR count). The van der Waals surface area contributed by atoms with E-state index in [-0.39, 0.29) is 29.9 Å². The van der Waals surface area contributed by atoms with Crippen LogP contribution in [0.3, 0.4) is 0 Å². The molecule has 11 nitrogen and oxygen atoms in total. The summed E-state index contributed by atoms with van der Waals surface area (Å²) >= 11 is 0. The van der Waals surface area contributed by atoms with Gasteiger partial charge in [0.1, 0.15) is 37.1 Å². The lowest BCUT2D eigenvalue weighted by molar-refractivity contribution is -0.147. The highest BCUT2D eigenvalue weighted by molar-refractivity contribution is 5.98. The van der Waals surface area contributed by atoms with E-state index in [1.807, 2.05) is 45.0 Å². The molecule has 2 aliphatic rings. The van der Waals surface area contributed by atoms with Crippen molar-refractivity contribution in [1.82, 2.24) is 25.6 Å². The summed E-state index contributed by atoms with van der Waals surface area (Å²) in [6, 6.07) is 4.20. The van der Waals surface area contributed by atoms with Crippen LogP contribution in [0, 0.1) is 5.92 Å². The van der Waals surface area contributed by atoms with Gasteiger partial charge in [-0.2, -0.15) is 4.73 Å². The van der Waals surface area contributed by atoms with Gasteiger partial charge < -0.3 is 25.7 Å². The number of hydrogen-bond acceptors (Lipinski definition) is 6. The van der Waals surface area contributed by atoms with Gasteiger partial charge in [-0.15, -0.1) is 0 Å². The van der Waals surface area contributed by atoms with Gasteiger partial charge in [-0.1, -0.05) is 58.2 Å². The quantitative estimate of drug-likeness (QED) is 0.311. The topological polar surface area (TPSA) is 139 Å². The number of fused-ring (bicyclic) bond motifs is 2. The van der Waals surface area contributed by atoms with Crippen molar-refractivity contribution in [3.05, 3.63) is 36.0 Å². The Hall–Kier alpha value is -3.89. The molecule has 2 aromatic rings. The molecule has 3 unspecified atom stereocenters. The van der Waals surface area contributed by atoms with E-state index >= 15 is 0 Å². The second-order valence-electron chi connectivity index (χ2n) is 12.4. The molecule has 1 aromatic heterocycles. The maximum Gasteiger partial charge on any atom is 0.246 e. The number of nitrogens with one attached hydrogen (secondary N) is 3. The molecule has 2 saturated heterocycles. The number of Topliss-reactive ketones (excluding diaryl/α,β-unsaturated/α-hetero) is 1. The standard InChI is InChI=1S/C34H49N5O6/c1-5-22(3)30-34(44)38-19-13-12-18-29(38)33(43)35-26(16-9-7-8-14-24(40)6-2)31(41)36-27(32(42)37-30)20-23-21-39(45-4)28-17-11-10-15-25(23)28/h10-11,15,17,21-22,26-27,29-30H,5-9,12-14,16,18-20H2,1-4H3,(H,35,43)(H,36,41)(H,37,42)/t22-,26-,27?,29?,30?/m0/s1. The fraction of sp³-hybridized carbons (Fsp3) is 0.618. The van der Waals surface area contributed by atoms with E-state index in [0.29, 0.717) is 51.5 Å². The van der Waals surface area contributed by atoms with Crippen LogP contribution in [0.15, 0.2) is 30.5 Å². The van der Waals surface area contributed by atoms with E-state index in [1.54, 1.807) is 22.9 Å². The Balaban J connectivity index is 1.66. The van der Waals surface area contributed by atoms with E-state index in [2.05, 4.69) is 16.0 Å². The fourth-order valence-electron chi connectivity index (χ4n) is 6.38.